The molecule has 192 valence electrons. The minimum atomic E-state index is -3.93. The van der Waals surface area contributed by atoms with Crippen LogP contribution in [-0.4, -0.2) is 64.7 Å². The van der Waals surface area contributed by atoms with Gasteiger partial charge in [-0.1, -0.05) is 29.3 Å². The largest absolute Gasteiger partial charge is 0.497 e. The van der Waals surface area contributed by atoms with Crippen LogP contribution in [0.4, 0.5) is 5.69 Å². The Morgan fingerprint density at radius 2 is 1.74 bits per heavy atom. The van der Waals surface area contributed by atoms with E-state index in [9.17, 15) is 18.0 Å². The van der Waals surface area contributed by atoms with Crippen LogP contribution in [-0.2, 0) is 26.2 Å². The highest BCUT2D eigenvalue weighted by atomic mass is 35.5. The summed E-state index contributed by atoms with van der Waals surface area (Å²) in [5.41, 5.74) is 0.747. The molecule has 0 aliphatic carbocycles. The Balaban J connectivity index is 2.49. The van der Waals surface area contributed by atoms with Crippen LogP contribution in [0.3, 0.4) is 0 Å². The molecule has 0 aromatic heterocycles. The Kier molecular flexibility index (Phi) is 10.1. The number of halogens is 2. The fourth-order valence-electron chi connectivity index (χ4n) is 3.33. The summed E-state index contributed by atoms with van der Waals surface area (Å²) >= 11 is 12.1. The highest BCUT2D eigenvalue weighted by molar-refractivity contribution is 7.92. The van der Waals surface area contributed by atoms with Gasteiger partial charge in [-0.15, -0.1) is 0 Å². The highest BCUT2D eigenvalue weighted by Gasteiger charge is 2.31. The Morgan fingerprint density at radius 1 is 1.06 bits per heavy atom. The van der Waals surface area contributed by atoms with Crippen molar-refractivity contribution < 1.29 is 27.5 Å². The van der Waals surface area contributed by atoms with Gasteiger partial charge in [-0.3, -0.25) is 13.9 Å². The van der Waals surface area contributed by atoms with Gasteiger partial charge in [0.15, 0.2) is 0 Å². The lowest BCUT2D eigenvalue weighted by molar-refractivity contribution is -0.139. The van der Waals surface area contributed by atoms with Gasteiger partial charge in [0.25, 0.3) is 0 Å². The summed E-state index contributed by atoms with van der Waals surface area (Å²) in [6.45, 7) is 3.12. The van der Waals surface area contributed by atoms with E-state index in [1.807, 2.05) is 0 Å². The molecule has 0 fully saturated rings. The monoisotopic (exact) mass is 545 g/mol. The average molecular weight is 546 g/mol. The zero-order chi connectivity index (χ0) is 26.3. The minimum Gasteiger partial charge on any atom is -0.497 e. The molecule has 0 radical (unpaired) electrons. The van der Waals surface area contributed by atoms with E-state index in [4.69, 9.17) is 32.7 Å². The van der Waals surface area contributed by atoms with E-state index in [1.54, 1.807) is 44.2 Å². The summed E-state index contributed by atoms with van der Waals surface area (Å²) in [4.78, 5) is 27.4. The summed E-state index contributed by atoms with van der Waals surface area (Å²) in [6, 6.07) is 8.57. The third-order valence-electron chi connectivity index (χ3n) is 5.19. The molecule has 0 unspecified atom stereocenters. The van der Waals surface area contributed by atoms with Crippen molar-refractivity contribution in [3.8, 4) is 11.5 Å². The molecule has 2 amide bonds. The van der Waals surface area contributed by atoms with Crippen molar-refractivity contribution in [3.05, 3.63) is 52.0 Å². The van der Waals surface area contributed by atoms with Crippen LogP contribution < -0.4 is 19.1 Å². The lowest BCUT2D eigenvalue weighted by Gasteiger charge is -2.32. The van der Waals surface area contributed by atoms with Gasteiger partial charge in [0, 0.05) is 19.2 Å². The molecule has 0 aliphatic heterocycles. The predicted octanol–water partition coefficient (Wildman–Crippen LogP) is 3.33. The summed E-state index contributed by atoms with van der Waals surface area (Å²) in [5.74, 6) is -0.377. The summed E-state index contributed by atoms with van der Waals surface area (Å²) in [6.07, 6.45) is 0.982. The van der Waals surface area contributed by atoms with Crippen LogP contribution in [0.25, 0.3) is 0 Å². The molecule has 12 heteroatoms. The standard InChI is InChI=1S/C23H29Cl2N3O6S/c1-6-26-23(30)15(2)27(13-16-7-9-18(24)19(25)11-16)22(29)14-28(35(5,31)32)20-12-17(33-3)8-10-21(20)34-4/h7-12,15H,6,13-14H2,1-5H3,(H,26,30)/t15-/m0/s1. The first kappa shape index (κ1) is 28.5. The molecule has 0 aliphatic rings. The maximum absolute atomic E-state index is 13.5. The molecule has 0 saturated heterocycles. The highest BCUT2D eigenvalue weighted by Crippen LogP contribution is 2.34. The van der Waals surface area contributed by atoms with E-state index < -0.39 is 28.5 Å². The van der Waals surface area contributed by atoms with Crippen molar-refractivity contribution in [1.29, 1.82) is 0 Å². The summed E-state index contributed by atoms with van der Waals surface area (Å²) < 4.78 is 37.0. The van der Waals surface area contributed by atoms with Gasteiger partial charge in [0.05, 0.1) is 36.2 Å². The number of nitrogens with zero attached hydrogens (tertiary/aromatic N) is 2. The van der Waals surface area contributed by atoms with E-state index in [0.29, 0.717) is 27.9 Å². The predicted molar refractivity (Wildman–Crippen MR) is 137 cm³/mol. The van der Waals surface area contributed by atoms with Crippen LogP contribution in [0.15, 0.2) is 36.4 Å². The molecular formula is C23H29Cl2N3O6S. The SMILES string of the molecule is CCNC(=O)[C@H](C)N(Cc1ccc(Cl)c(Cl)c1)C(=O)CN(c1cc(OC)ccc1OC)S(C)(=O)=O. The minimum absolute atomic E-state index is 0.000864. The number of amides is 2. The molecular weight excluding hydrogens is 517 g/mol. The summed E-state index contributed by atoms with van der Waals surface area (Å²) in [5, 5.41) is 3.33. The fourth-order valence-corrected chi connectivity index (χ4v) is 4.49. The number of anilines is 1. The zero-order valence-electron chi connectivity index (χ0n) is 20.2. The molecule has 0 bridgehead atoms. The number of rotatable bonds is 11. The third kappa shape index (κ3) is 7.39. The van der Waals surface area contributed by atoms with Crippen molar-refractivity contribution in [2.45, 2.75) is 26.4 Å². The number of carbonyl (C=O) groups is 2. The first-order valence-electron chi connectivity index (χ1n) is 10.6. The number of nitrogens with one attached hydrogen (secondary N) is 1. The summed E-state index contributed by atoms with van der Waals surface area (Å²) in [7, 11) is -1.11. The zero-order valence-corrected chi connectivity index (χ0v) is 22.5. The van der Waals surface area contributed by atoms with Crippen LogP contribution in [0.1, 0.15) is 19.4 Å². The maximum atomic E-state index is 13.5. The van der Waals surface area contributed by atoms with E-state index in [-0.39, 0.29) is 23.9 Å². The van der Waals surface area contributed by atoms with Gasteiger partial charge in [0.1, 0.15) is 24.1 Å². The third-order valence-corrected chi connectivity index (χ3v) is 7.05. The number of benzene rings is 2. The second kappa shape index (κ2) is 12.3. The number of carbonyl (C=O) groups excluding carboxylic acids is 2. The van der Waals surface area contributed by atoms with Gasteiger partial charge >= 0.3 is 0 Å². The van der Waals surface area contributed by atoms with Crippen LogP contribution in [0.2, 0.25) is 10.0 Å². The van der Waals surface area contributed by atoms with E-state index >= 15 is 0 Å². The second-order valence-electron chi connectivity index (χ2n) is 7.65. The lowest BCUT2D eigenvalue weighted by Crippen LogP contribution is -2.51. The second-order valence-corrected chi connectivity index (χ2v) is 10.4. The van der Waals surface area contributed by atoms with Gasteiger partial charge in [-0.25, -0.2) is 8.42 Å². The molecule has 2 aromatic carbocycles. The Bertz CT molecular complexity index is 1180. The number of methoxy groups -OCH3 is 2. The molecule has 0 saturated carbocycles. The topological polar surface area (TPSA) is 105 Å². The van der Waals surface area contributed by atoms with Gasteiger partial charge in [-0.2, -0.15) is 0 Å². The number of hydrogen-bond acceptors (Lipinski definition) is 6. The van der Waals surface area contributed by atoms with E-state index in [2.05, 4.69) is 5.32 Å². The lowest BCUT2D eigenvalue weighted by atomic mass is 10.1. The molecule has 9 nitrogen and oxygen atoms in total. The van der Waals surface area contributed by atoms with Crippen molar-refractivity contribution in [1.82, 2.24) is 10.2 Å². The quantitative estimate of drug-likeness (QED) is 0.464. The molecule has 0 heterocycles. The number of hydrogen-bond donors (Lipinski definition) is 1. The van der Waals surface area contributed by atoms with Crippen molar-refractivity contribution in [2.75, 3.05) is 37.9 Å². The van der Waals surface area contributed by atoms with Crippen molar-refractivity contribution in [3.63, 3.8) is 0 Å². The van der Waals surface area contributed by atoms with Crippen LogP contribution >= 0.6 is 23.2 Å². The first-order chi connectivity index (χ1) is 16.4. The molecule has 35 heavy (non-hydrogen) atoms. The number of sulfonamides is 1. The van der Waals surface area contributed by atoms with E-state index in [1.165, 1.54) is 25.2 Å². The molecule has 1 N–H and O–H groups in total. The number of ether oxygens (including phenoxy) is 2. The fraction of sp³-hybridized carbons (Fsp3) is 0.391. The van der Waals surface area contributed by atoms with Crippen molar-refractivity contribution >= 4 is 50.7 Å². The molecule has 2 aromatic rings. The first-order valence-corrected chi connectivity index (χ1v) is 13.2. The van der Waals surface area contributed by atoms with Gasteiger partial charge in [-0.05, 0) is 43.7 Å². The average Bonchev–Trinajstić information content (AvgIpc) is 2.81. The van der Waals surface area contributed by atoms with Gasteiger partial charge in [0.2, 0.25) is 21.8 Å². The Hall–Kier alpha value is -2.69. The molecule has 1 atom stereocenters. The Morgan fingerprint density at radius 3 is 2.29 bits per heavy atom. The Labute approximate surface area is 215 Å². The molecule has 2 rings (SSSR count). The van der Waals surface area contributed by atoms with Gasteiger partial charge < -0.3 is 19.7 Å². The smallest absolute Gasteiger partial charge is 0.244 e. The number of likely N-dealkylation sites (N-methyl/N-ethyl adjacent to an activating group) is 1. The van der Waals surface area contributed by atoms with Crippen molar-refractivity contribution in [2.24, 2.45) is 0 Å². The van der Waals surface area contributed by atoms with E-state index in [0.717, 1.165) is 10.6 Å². The maximum Gasteiger partial charge on any atom is 0.244 e. The van der Waals surface area contributed by atoms with Crippen LogP contribution in [0, 0.1) is 0 Å². The molecule has 0 spiro atoms. The van der Waals surface area contributed by atoms with Crippen LogP contribution in [0.5, 0.6) is 11.5 Å². The normalized spacial score (nSPS) is 12.0.